The number of fused-ring (bicyclic) bond motifs is 1. The maximum absolute atomic E-state index is 12.7. The summed E-state index contributed by atoms with van der Waals surface area (Å²) in [6, 6.07) is 15.0. The van der Waals surface area contributed by atoms with Crippen molar-refractivity contribution < 1.29 is 9.59 Å². The number of rotatable bonds is 5. The Kier molecular flexibility index (Phi) is 5.63. The summed E-state index contributed by atoms with van der Waals surface area (Å²) in [7, 11) is 3.92. The predicted octanol–water partition coefficient (Wildman–Crippen LogP) is 2.99. The van der Waals surface area contributed by atoms with Gasteiger partial charge in [-0.05, 0) is 56.4 Å². The lowest BCUT2D eigenvalue weighted by atomic mass is 10.1. The van der Waals surface area contributed by atoms with Crippen LogP contribution in [0.3, 0.4) is 0 Å². The fourth-order valence-electron chi connectivity index (χ4n) is 3.74. The van der Waals surface area contributed by atoms with Gasteiger partial charge >= 0.3 is 0 Å². The maximum Gasteiger partial charge on any atom is 0.253 e. The van der Waals surface area contributed by atoms with Crippen molar-refractivity contribution in [3.05, 3.63) is 65.9 Å². The van der Waals surface area contributed by atoms with Gasteiger partial charge in [-0.3, -0.25) is 14.7 Å². The third kappa shape index (κ3) is 4.26. The van der Waals surface area contributed by atoms with Gasteiger partial charge in [0.2, 0.25) is 5.91 Å². The largest absolute Gasteiger partial charge is 0.337 e. The van der Waals surface area contributed by atoms with Gasteiger partial charge in [0.25, 0.3) is 5.91 Å². The molecule has 0 spiro atoms. The number of amides is 2. The highest BCUT2D eigenvalue weighted by molar-refractivity contribution is 6.03. The molecule has 0 radical (unpaired) electrons. The van der Waals surface area contributed by atoms with Crippen LogP contribution in [-0.4, -0.2) is 65.0 Å². The monoisotopic (exact) mass is 403 g/mol. The molecule has 30 heavy (non-hydrogen) atoms. The van der Waals surface area contributed by atoms with Crippen LogP contribution in [0.4, 0.5) is 5.69 Å². The average Bonchev–Trinajstić information content (AvgIpc) is 3.38. The summed E-state index contributed by atoms with van der Waals surface area (Å²) in [5, 5.41) is 10.9. The van der Waals surface area contributed by atoms with Crippen LogP contribution < -0.4 is 5.32 Å². The van der Waals surface area contributed by atoms with Gasteiger partial charge in [0.1, 0.15) is 0 Å². The Morgan fingerprint density at radius 1 is 1.20 bits per heavy atom. The number of aromatic amines is 1. The molecule has 1 saturated heterocycles. The Hall–Kier alpha value is -3.45. The van der Waals surface area contributed by atoms with Crippen LogP contribution in [0, 0.1) is 0 Å². The molecule has 154 valence electrons. The predicted molar refractivity (Wildman–Crippen MR) is 118 cm³/mol. The van der Waals surface area contributed by atoms with Crippen LogP contribution in [0.5, 0.6) is 0 Å². The van der Waals surface area contributed by atoms with Gasteiger partial charge in [0.15, 0.2) is 0 Å². The number of likely N-dealkylation sites (tertiary alicyclic amines) is 1. The molecule has 7 nitrogen and oxygen atoms in total. The Balaban J connectivity index is 1.37. The number of carbonyl (C=O) groups is 2. The van der Waals surface area contributed by atoms with E-state index in [2.05, 4.69) is 27.5 Å². The van der Waals surface area contributed by atoms with Crippen molar-refractivity contribution in [2.75, 3.05) is 32.5 Å². The molecule has 0 aliphatic carbocycles. The van der Waals surface area contributed by atoms with E-state index < -0.39 is 0 Å². The van der Waals surface area contributed by atoms with Crippen LogP contribution >= 0.6 is 0 Å². The minimum Gasteiger partial charge on any atom is -0.337 e. The molecule has 0 saturated carbocycles. The normalized spacial score (nSPS) is 16.9. The fraction of sp³-hybridized carbons (Fsp3) is 0.261. The Labute approximate surface area is 175 Å². The lowest BCUT2D eigenvalue weighted by Crippen LogP contribution is -2.38. The second-order valence-corrected chi connectivity index (χ2v) is 7.68. The molecule has 3 aromatic rings. The molecule has 2 aromatic carbocycles. The first-order valence-corrected chi connectivity index (χ1v) is 9.99. The second kappa shape index (κ2) is 8.51. The first-order valence-electron chi connectivity index (χ1n) is 9.99. The molecule has 0 bridgehead atoms. The zero-order chi connectivity index (χ0) is 21.1. The van der Waals surface area contributed by atoms with Gasteiger partial charge in [-0.25, -0.2) is 0 Å². The third-order valence-corrected chi connectivity index (χ3v) is 5.53. The van der Waals surface area contributed by atoms with Gasteiger partial charge < -0.3 is 15.1 Å². The quantitative estimate of drug-likeness (QED) is 0.642. The minimum atomic E-state index is -0.257. The summed E-state index contributed by atoms with van der Waals surface area (Å²) in [4.78, 5) is 29.0. The van der Waals surface area contributed by atoms with Crippen LogP contribution in [-0.2, 0) is 4.79 Å². The molecule has 1 aliphatic rings. The number of anilines is 1. The average molecular weight is 403 g/mol. The van der Waals surface area contributed by atoms with Crippen molar-refractivity contribution in [1.29, 1.82) is 0 Å². The zero-order valence-corrected chi connectivity index (χ0v) is 17.1. The highest BCUT2D eigenvalue weighted by Crippen LogP contribution is 2.18. The molecule has 1 unspecified atom stereocenters. The highest BCUT2D eigenvalue weighted by atomic mass is 16.2. The van der Waals surface area contributed by atoms with Crippen LogP contribution in [0.25, 0.3) is 17.0 Å². The summed E-state index contributed by atoms with van der Waals surface area (Å²) in [5.74, 6) is -0.259. The molecule has 1 fully saturated rings. The van der Waals surface area contributed by atoms with E-state index in [9.17, 15) is 9.59 Å². The van der Waals surface area contributed by atoms with Gasteiger partial charge in [0, 0.05) is 42.3 Å². The number of hydrogen-bond donors (Lipinski definition) is 2. The third-order valence-electron chi connectivity index (χ3n) is 5.53. The van der Waals surface area contributed by atoms with E-state index >= 15 is 0 Å². The van der Waals surface area contributed by atoms with Crippen molar-refractivity contribution in [1.82, 2.24) is 20.0 Å². The molecule has 1 atom stereocenters. The summed E-state index contributed by atoms with van der Waals surface area (Å²) >= 11 is 0. The molecule has 4 rings (SSSR count). The molecule has 1 aliphatic heterocycles. The van der Waals surface area contributed by atoms with E-state index in [0.29, 0.717) is 16.9 Å². The Morgan fingerprint density at radius 2 is 1.97 bits per heavy atom. The molecular weight excluding hydrogens is 378 g/mol. The number of benzene rings is 2. The van der Waals surface area contributed by atoms with E-state index in [0.717, 1.165) is 30.4 Å². The van der Waals surface area contributed by atoms with Crippen molar-refractivity contribution >= 4 is 34.5 Å². The first kappa shape index (κ1) is 19.8. The van der Waals surface area contributed by atoms with Crippen molar-refractivity contribution in [2.45, 2.75) is 12.5 Å². The van der Waals surface area contributed by atoms with Crippen LogP contribution in [0.2, 0.25) is 0 Å². The maximum atomic E-state index is 12.7. The number of nitrogens with zero attached hydrogens (tertiary/aromatic N) is 3. The van der Waals surface area contributed by atoms with Gasteiger partial charge in [-0.1, -0.05) is 18.2 Å². The van der Waals surface area contributed by atoms with Crippen molar-refractivity contribution in [2.24, 2.45) is 0 Å². The van der Waals surface area contributed by atoms with Crippen molar-refractivity contribution in [3.63, 3.8) is 0 Å². The molecule has 1 aromatic heterocycles. The second-order valence-electron chi connectivity index (χ2n) is 7.68. The van der Waals surface area contributed by atoms with E-state index in [-0.39, 0.29) is 17.9 Å². The number of nitrogens with one attached hydrogen (secondary N) is 2. The highest BCUT2D eigenvalue weighted by Gasteiger charge is 2.26. The lowest BCUT2D eigenvalue weighted by molar-refractivity contribution is -0.111. The number of carbonyl (C=O) groups excluding carboxylic acids is 2. The molecule has 7 heteroatoms. The van der Waals surface area contributed by atoms with E-state index in [1.807, 2.05) is 36.2 Å². The lowest BCUT2D eigenvalue weighted by Gasteiger charge is -2.24. The molecule has 2 N–H and O–H groups in total. The summed E-state index contributed by atoms with van der Waals surface area (Å²) in [6.07, 6.45) is 4.12. The number of hydrogen-bond acceptors (Lipinski definition) is 4. The Morgan fingerprint density at radius 3 is 2.70 bits per heavy atom. The fourth-order valence-corrected chi connectivity index (χ4v) is 3.74. The van der Waals surface area contributed by atoms with Gasteiger partial charge in [-0.2, -0.15) is 5.10 Å². The smallest absolute Gasteiger partial charge is 0.253 e. The van der Waals surface area contributed by atoms with E-state index in [4.69, 9.17) is 0 Å². The van der Waals surface area contributed by atoms with Gasteiger partial charge in [0.05, 0.1) is 11.2 Å². The summed E-state index contributed by atoms with van der Waals surface area (Å²) in [6.45, 7) is 1.91. The summed E-state index contributed by atoms with van der Waals surface area (Å²) in [5.41, 5.74) is 2.88. The van der Waals surface area contributed by atoms with E-state index in [1.54, 1.807) is 30.3 Å². The first-order chi connectivity index (χ1) is 14.5. The molecular formula is C23H25N5O2. The number of H-pyrrole nitrogens is 1. The molecule has 2 amide bonds. The zero-order valence-electron chi connectivity index (χ0n) is 17.1. The SMILES string of the molecule is CN1CCC(N(C)C(=O)c2ccc(NC(=O)/C=C/c3n[nH]c4ccccc34)cc2)C1. The standard InChI is InChI=1S/C23H25N5O2/c1-27-14-13-18(15-27)28(2)23(30)16-7-9-17(10-8-16)24-22(29)12-11-21-19-5-3-4-6-20(19)25-26-21/h3-12,18H,13-15H2,1-2H3,(H,24,29)(H,25,26)/b12-11+. The number of para-hydroxylation sites is 1. The Bertz CT molecular complexity index is 1090. The minimum absolute atomic E-state index is 0.00140. The van der Waals surface area contributed by atoms with E-state index in [1.165, 1.54) is 6.08 Å². The van der Waals surface area contributed by atoms with Crippen LogP contribution in [0.15, 0.2) is 54.6 Å². The summed E-state index contributed by atoms with van der Waals surface area (Å²) < 4.78 is 0. The topological polar surface area (TPSA) is 81.3 Å². The van der Waals surface area contributed by atoms with Crippen LogP contribution in [0.1, 0.15) is 22.5 Å². The molecule has 2 heterocycles. The number of likely N-dealkylation sites (N-methyl/N-ethyl adjacent to an activating group) is 2. The van der Waals surface area contributed by atoms with Gasteiger partial charge in [-0.15, -0.1) is 0 Å². The number of aromatic nitrogens is 2. The van der Waals surface area contributed by atoms with Crippen molar-refractivity contribution in [3.8, 4) is 0 Å².